The van der Waals surface area contributed by atoms with Crippen LogP contribution < -0.4 is 10.1 Å². The minimum Gasteiger partial charge on any atom is -0.489 e. The molecule has 0 aliphatic carbocycles. The molecule has 7 nitrogen and oxygen atoms in total. The third-order valence-electron chi connectivity index (χ3n) is 3.94. The van der Waals surface area contributed by atoms with Crippen LogP contribution in [0.15, 0.2) is 29.6 Å². The molecule has 3 aromatic rings. The van der Waals surface area contributed by atoms with Gasteiger partial charge in [0.15, 0.2) is 0 Å². The van der Waals surface area contributed by atoms with Crippen LogP contribution in [0.2, 0.25) is 0 Å². The van der Waals surface area contributed by atoms with E-state index >= 15 is 0 Å². The van der Waals surface area contributed by atoms with Gasteiger partial charge >= 0.3 is 0 Å². The predicted molar refractivity (Wildman–Crippen MR) is 95.4 cm³/mol. The molecule has 25 heavy (non-hydrogen) atoms. The molecule has 0 fully saturated rings. The lowest BCUT2D eigenvalue weighted by atomic mass is 10.1. The lowest BCUT2D eigenvalue weighted by Crippen LogP contribution is -2.09. The van der Waals surface area contributed by atoms with Crippen LogP contribution in [0.4, 0.5) is 11.5 Å². The molecule has 0 radical (unpaired) electrons. The van der Waals surface area contributed by atoms with E-state index in [2.05, 4.69) is 31.3 Å². The Hall–Kier alpha value is -3.40. The molecule has 7 heteroatoms. The number of aliphatic imine (C=N–C) groups is 1. The second-order valence-corrected chi connectivity index (χ2v) is 6.07. The van der Waals surface area contributed by atoms with Crippen molar-refractivity contribution in [3.05, 3.63) is 41.3 Å². The van der Waals surface area contributed by atoms with E-state index < -0.39 is 0 Å². The molecule has 1 aromatic carbocycles. The number of nitriles is 1. The summed E-state index contributed by atoms with van der Waals surface area (Å²) >= 11 is 0. The Morgan fingerprint density at radius 2 is 2.20 bits per heavy atom. The first-order valence-corrected chi connectivity index (χ1v) is 7.98. The van der Waals surface area contributed by atoms with Crippen molar-refractivity contribution in [2.75, 3.05) is 5.32 Å². The highest BCUT2D eigenvalue weighted by atomic mass is 16.5. The van der Waals surface area contributed by atoms with Gasteiger partial charge in [-0.25, -0.2) is 9.97 Å². The molecule has 1 aliphatic heterocycles. The highest BCUT2D eigenvalue weighted by Crippen LogP contribution is 2.35. The Morgan fingerprint density at radius 1 is 1.32 bits per heavy atom. The van der Waals surface area contributed by atoms with E-state index in [1.807, 2.05) is 32.2 Å². The summed E-state index contributed by atoms with van der Waals surface area (Å²) in [5.41, 5.74) is 4.08. The molecule has 0 saturated carbocycles. The molecule has 124 valence electrons. The molecule has 0 unspecified atom stereocenters. The fraction of sp³-hybridized carbons (Fsp3) is 0.222. The topological polar surface area (TPSA) is 99.0 Å². The zero-order valence-electron chi connectivity index (χ0n) is 13.9. The highest BCUT2D eigenvalue weighted by Gasteiger charge is 2.17. The summed E-state index contributed by atoms with van der Waals surface area (Å²) < 4.78 is 5.96. The molecule has 0 spiro atoms. The zero-order chi connectivity index (χ0) is 17.4. The third kappa shape index (κ3) is 2.68. The summed E-state index contributed by atoms with van der Waals surface area (Å²) in [4.78, 5) is 15.8. The number of fused-ring (bicyclic) bond motifs is 2. The summed E-state index contributed by atoms with van der Waals surface area (Å²) in [6.45, 7) is 4.63. The van der Waals surface area contributed by atoms with Crippen LogP contribution in [0.25, 0.3) is 11.0 Å². The average Bonchev–Trinajstić information content (AvgIpc) is 3.21. The number of nitrogens with zero attached hydrogens (tertiary/aromatic N) is 4. The van der Waals surface area contributed by atoms with Crippen LogP contribution in [0.3, 0.4) is 0 Å². The highest BCUT2D eigenvalue weighted by molar-refractivity contribution is 5.95. The van der Waals surface area contributed by atoms with E-state index in [0.29, 0.717) is 29.0 Å². The largest absolute Gasteiger partial charge is 0.489 e. The minimum atomic E-state index is 0.0354. The van der Waals surface area contributed by atoms with Crippen LogP contribution in [0, 0.1) is 11.3 Å². The van der Waals surface area contributed by atoms with Gasteiger partial charge in [-0.15, -0.1) is 0 Å². The second kappa shape index (κ2) is 5.91. The van der Waals surface area contributed by atoms with Crippen LogP contribution in [0.1, 0.15) is 30.5 Å². The zero-order valence-corrected chi connectivity index (χ0v) is 13.9. The molecule has 2 N–H and O–H groups in total. The number of anilines is 2. The molecule has 0 amide bonds. The van der Waals surface area contributed by atoms with Gasteiger partial charge in [0.1, 0.15) is 29.6 Å². The van der Waals surface area contributed by atoms with Crippen LogP contribution >= 0.6 is 0 Å². The number of hydrogen-bond acceptors (Lipinski definition) is 6. The van der Waals surface area contributed by atoms with Crippen LogP contribution in [-0.4, -0.2) is 27.3 Å². The Morgan fingerprint density at radius 3 is 3.00 bits per heavy atom. The summed E-state index contributed by atoms with van der Waals surface area (Å²) in [5, 5.41) is 13.3. The molecule has 3 heterocycles. The molecule has 2 aromatic heterocycles. The number of ether oxygens (including phenoxy) is 1. The predicted octanol–water partition coefficient (Wildman–Crippen LogP) is 3.29. The van der Waals surface area contributed by atoms with E-state index in [4.69, 9.17) is 4.74 Å². The van der Waals surface area contributed by atoms with Gasteiger partial charge in [-0.3, -0.25) is 4.99 Å². The Balaban J connectivity index is 1.82. The van der Waals surface area contributed by atoms with Crippen LogP contribution in [-0.2, 0) is 6.54 Å². The van der Waals surface area contributed by atoms with E-state index in [-0.39, 0.29) is 6.10 Å². The number of H-pyrrole nitrogens is 1. The molecular formula is C18H16N6O. The van der Waals surface area contributed by atoms with Gasteiger partial charge in [0, 0.05) is 12.4 Å². The van der Waals surface area contributed by atoms with Crippen molar-refractivity contribution in [3.63, 3.8) is 0 Å². The van der Waals surface area contributed by atoms with Crippen molar-refractivity contribution in [1.29, 1.82) is 5.26 Å². The fourth-order valence-electron chi connectivity index (χ4n) is 2.86. The summed E-state index contributed by atoms with van der Waals surface area (Å²) in [7, 11) is 0. The van der Waals surface area contributed by atoms with Gasteiger partial charge in [0.05, 0.1) is 29.3 Å². The second-order valence-electron chi connectivity index (χ2n) is 6.07. The summed E-state index contributed by atoms with van der Waals surface area (Å²) in [6, 6.07) is 6.16. The number of hydrogen-bond donors (Lipinski definition) is 2. The van der Waals surface area contributed by atoms with Crippen molar-refractivity contribution in [2.45, 2.75) is 26.5 Å². The lowest BCUT2D eigenvalue weighted by molar-refractivity contribution is 0.243. The van der Waals surface area contributed by atoms with E-state index in [9.17, 15) is 5.26 Å². The van der Waals surface area contributed by atoms with Crippen molar-refractivity contribution in [2.24, 2.45) is 4.99 Å². The first-order chi connectivity index (χ1) is 12.2. The number of aromatic amines is 1. The van der Waals surface area contributed by atoms with Crippen molar-refractivity contribution >= 4 is 28.8 Å². The van der Waals surface area contributed by atoms with Crippen molar-refractivity contribution in [3.8, 4) is 11.8 Å². The lowest BCUT2D eigenvalue weighted by Gasteiger charge is -2.17. The maximum atomic E-state index is 9.32. The Bertz CT molecular complexity index is 1030. The molecule has 0 saturated heterocycles. The van der Waals surface area contributed by atoms with Gasteiger partial charge in [-0.05, 0) is 37.1 Å². The smallest absolute Gasteiger partial charge is 0.144 e. The monoisotopic (exact) mass is 332 g/mol. The Labute approximate surface area is 144 Å². The number of rotatable bonds is 4. The molecule has 0 atom stereocenters. The van der Waals surface area contributed by atoms with Gasteiger partial charge in [-0.1, -0.05) is 0 Å². The number of benzene rings is 1. The van der Waals surface area contributed by atoms with Crippen molar-refractivity contribution in [1.82, 2.24) is 15.0 Å². The quantitative estimate of drug-likeness (QED) is 0.764. The van der Waals surface area contributed by atoms with Gasteiger partial charge in [-0.2, -0.15) is 5.26 Å². The maximum absolute atomic E-state index is 9.32. The van der Waals surface area contributed by atoms with Crippen molar-refractivity contribution < 1.29 is 4.74 Å². The summed E-state index contributed by atoms with van der Waals surface area (Å²) in [5.74, 6) is 1.30. The number of nitrogens with one attached hydrogen (secondary N) is 2. The Kier molecular flexibility index (Phi) is 3.58. The van der Waals surface area contributed by atoms with Gasteiger partial charge in [0.25, 0.3) is 0 Å². The van der Waals surface area contributed by atoms with E-state index in [1.165, 1.54) is 6.33 Å². The van der Waals surface area contributed by atoms with E-state index in [1.54, 1.807) is 6.20 Å². The SMILES string of the molecule is CC(C)Oc1cc2c(cc1Nc1ncnc3[nH]cc(C#N)c13)C=NC2. The summed E-state index contributed by atoms with van der Waals surface area (Å²) in [6.07, 6.45) is 4.98. The first kappa shape index (κ1) is 15.1. The van der Waals surface area contributed by atoms with Crippen LogP contribution in [0.5, 0.6) is 5.75 Å². The minimum absolute atomic E-state index is 0.0354. The molecule has 1 aliphatic rings. The average molecular weight is 332 g/mol. The van der Waals surface area contributed by atoms with Gasteiger partial charge < -0.3 is 15.0 Å². The first-order valence-electron chi connectivity index (χ1n) is 7.98. The normalized spacial score (nSPS) is 12.4. The standard InChI is InChI=1S/C18H16N6O/c1-10(2)25-15-4-12-7-20-6-11(12)3-14(15)24-18-16-13(5-19)8-21-17(16)22-9-23-18/h3-4,6,8-10H,7H2,1-2H3,(H2,21,22,23,24). The third-order valence-corrected chi connectivity index (χ3v) is 3.94. The maximum Gasteiger partial charge on any atom is 0.144 e. The van der Waals surface area contributed by atoms with E-state index in [0.717, 1.165) is 22.6 Å². The molecular weight excluding hydrogens is 316 g/mol. The van der Waals surface area contributed by atoms with Gasteiger partial charge in [0.2, 0.25) is 0 Å². The molecule has 4 rings (SSSR count). The fourth-order valence-corrected chi connectivity index (χ4v) is 2.86. The molecule has 0 bridgehead atoms. The number of aromatic nitrogens is 3.